The van der Waals surface area contributed by atoms with Crippen molar-refractivity contribution in [2.75, 3.05) is 7.05 Å². The van der Waals surface area contributed by atoms with E-state index in [0.29, 0.717) is 6.04 Å². The van der Waals surface area contributed by atoms with Crippen LogP contribution in [0.15, 0.2) is 47.6 Å². The minimum atomic E-state index is 0.272. The van der Waals surface area contributed by atoms with Gasteiger partial charge in [-0.3, -0.25) is 15.0 Å². The van der Waals surface area contributed by atoms with E-state index in [-0.39, 0.29) is 6.04 Å². The lowest BCUT2D eigenvalue weighted by Crippen LogP contribution is -2.33. The van der Waals surface area contributed by atoms with Gasteiger partial charge in [-0.25, -0.2) is 0 Å². The van der Waals surface area contributed by atoms with Gasteiger partial charge in [0.2, 0.25) is 0 Å². The lowest BCUT2D eigenvalue weighted by atomic mass is 9.91. The van der Waals surface area contributed by atoms with Crippen LogP contribution >= 0.6 is 0 Å². The number of aliphatic imine (C=N–C) groups is 1. The summed E-state index contributed by atoms with van der Waals surface area (Å²) < 4.78 is 0. The zero-order chi connectivity index (χ0) is 19.9. The maximum Gasteiger partial charge on any atom is 0.0605 e. The van der Waals surface area contributed by atoms with Crippen LogP contribution in [0.3, 0.4) is 0 Å². The van der Waals surface area contributed by atoms with Crippen molar-refractivity contribution >= 4 is 5.71 Å². The first-order valence-corrected chi connectivity index (χ1v) is 10.4. The standard InChI is InChI=1S/C24H32N4/c1-5-6-10-19(25-4)16-20-14-13-18(3)24(27-20)22-12-7-11-21(28-22)23-17(2)9-8-15-26-23/h6,8-10,13-15,21-22,28H,5,7,11-12,16H2,1-4H3/b10-6-,25-19?. The summed E-state index contributed by atoms with van der Waals surface area (Å²) in [6.45, 7) is 6.45. The van der Waals surface area contributed by atoms with Crippen molar-refractivity contribution in [1.82, 2.24) is 15.3 Å². The van der Waals surface area contributed by atoms with Crippen molar-refractivity contribution in [3.8, 4) is 0 Å². The Kier molecular flexibility index (Phi) is 7.10. The van der Waals surface area contributed by atoms with Gasteiger partial charge in [0.15, 0.2) is 0 Å². The van der Waals surface area contributed by atoms with Gasteiger partial charge in [0.25, 0.3) is 0 Å². The Hall–Kier alpha value is -2.33. The molecule has 2 unspecified atom stereocenters. The molecule has 1 N–H and O–H groups in total. The molecule has 0 aromatic carbocycles. The van der Waals surface area contributed by atoms with Crippen LogP contribution in [0.2, 0.25) is 0 Å². The van der Waals surface area contributed by atoms with E-state index >= 15 is 0 Å². The number of nitrogens with one attached hydrogen (secondary N) is 1. The van der Waals surface area contributed by atoms with Crippen molar-refractivity contribution < 1.29 is 0 Å². The van der Waals surface area contributed by atoms with Crippen molar-refractivity contribution in [1.29, 1.82) is 0 Å². The largest absolute Gasteiger partial charge is 0.300 e. The van der Waals surface area contributed by atoms with Gasteiger partial charge >= 0.3 is 0 Å². The summed E-state index contributed by atoms with van der Waals surface area (Å²) in [6.07, 6.45) is 11.4. The van der Waals surface area contributed by atoms with Gasteiger partial charge in [-0.15, -0.1) is 0 Å². The van der Waals surface area contributed by atoms with Crippen LogP contribution in [0, 0.1) is 13.8 Å². The lowest BCUT2D eigenvalue weighted by Gasteiger charge is -2.32. The molecule has 2 atom stereocenters. The van der Waals surface area contributed by atoms with Crippen LogP contribution in [0.25, 0.3) is 0 Å². The average molecular weight is 377 g/mol. The topological polar surface area (TPSA) is 50.2 Å². The van der Waals surface area contributed by atoms with E-state index in [0.717, 1.165) is 37.1 Å². The number of piperidine rings is 1. The molecular weight excluding hydrogens is 344 g/mol. The van der Waals surface area contributed by atoms with E-state index in [9.17, 15) is 0 Å². The Labute approximate surface area is 169 Å². The van der Waals surface area contributed by atoms with E-state index < -0.39 is 0 Å². The van der Waals surface area contributed by atoms with Gasteiger partial charge in [0.1, 0.15) is 0 Å². The molecular formula is C24H32N4. The van der Waals surface area contributed by atoms with Crippen LogP contribution in [0.1, 0.15) is 72.9 Å². The molecule has 1 saturated heterocycles. The molecule has 1 aliphatic rings. The Morgan fingerprint density at radius 1 is 1.14 bits per heavy atom. The Morgan fingerprint density at radius 2 is 1.89 bits per heavy atom. The summed E-state index contributed by atoms with van der Waals surface area (Å²) in [4.78, 5) is 14.1. The highest BCUT2D eigenvalue weighted by Gasteiger charge is 2.27. The fraction of sp³-hybridized carbons (Fsp3) is 0.458. The van der Waals surface area contributed by atoms with Gasteiger partial charge in [0.05, 0.1) is 23.5 Å². The molecule has 4 nitrogen and oxygen atoms in total. The van der Waals surface area contributed by atoms with Crippen molar-refractivity contribution in [3.63, 3.8) is 0 Å². The minimum Gasteiger partial charge on any atom is -0.300 e. The minimum absolute atomic E-state index is 0.272. The summed E-state index contributed by atoms with van der Waals surface area (Å²) in [7, 11) is 1.85. The molecule has 148 valence electrons. The highest BCUT2D eigenvalue weighted by atomic mass is 15.0. The molecule has 2 aromatic rings. The normalized spacial score (nSPS) is 20.6. The molecule has 28 heavy (non-hydrogen) atoms. The van der Waals surface area contributed by atoms with Crippen molar-refractivity contribution in [3.05, 3.63) is 70.8 Å². The van der Waals surface area contributed by atoms with E-state index in [1.54, 1.807) is 0 Å². The molecule has 0 saturated carbocycles. The second-order valence-corrected chi connectivity index (χ2v) is 7.62. The Balaban J connectivity index is 1.80. The maximum atomic E-state index is 5.04. The second-order valence-electron chi connectivity index (χ2n) is 7.62. The summed E-state index contributed by atoms with van der Waals surface area (Å²) in [5.41, 5.74) is 7.00. The smallest absolute Gasteiger partial charge is 0.0605 e. The third-order valence-corrected chi connectivity index (χ3v) is 5.49. The van der Waals surface area contributed by atoms with Gasteiger partial charge in [-0.1, -0.05) is 25.1 Å². The van der Waals surface area contributed by atoms with Crippen molar-refractivity contribution in [2.24, 2.45) is 4.99 Å². The first-order chi connectivity index (χ1) is 13.6. The van der Waals surface area contributed by atoms with Crippen LogP contribution < -0.4 is 5.32 Å². The monoisotopic (exact) mass is 376 g/mol. The van der Waals surface area contributed by atoms with Gasteiger partial charge in [0, 0.05) is 31.1 Å². The van der Waals surface area contributed by atoms with E-state index in [4.69, 9.17) is 4.98 Å². The van der Waals surface area contributed by atoms with Crippen LogP contribution in [0.5, 0.6) is 0 Å². The van der Waals surface area contributed by atoms with E-state index in [2.05, 4.69) is 66.4 Å². The van der Waals surface area contributed by atoms with Gasteiger partial charge in [-0.2, -0.15) is 0 Å². The third-order valence-electron chi connectivity index (χ3n) is 5.49. The third kappa shape index (κ3) is 4.93. The highest BCUT2D eigenvalue weighted by molar-refractivity contribution is 5.96. The van der Waals surface area contributed by atoms with Gasteiger partial charge in [-0.05, 0) is 68.9 Å². The maximum absolute atomic E-state index is 5.04. The zero-order valence-corrected chi connectivity index (χ0v) is 17.6. The SMILES string of the molecule is CC/C=C\C(Cc1ccc(C)c(C2CCCC(c3ncccc3C)N2)n1)=NC. The lowest BCUT2D eigenvalue weighted by molar-refractivity contribution is 0.319. The number of pyridine rings is 2. The summed E-state index contributed by atoms with van der Waals surface area (Å²) in [5.74, 6) is 0. The number of hydrogen-bond acceptors (Lipinski definition) is 4. The van der Waals surface area contributed by atoms with Crippen molar-refractivity contribution in [2.45, 2.75) is 65.0 Å². The van der Waals surface area contributed by atoms with Gasteiger partial charge < -0.3 is 5.32 Å². The van der Waals surface area contributed by atoms with Crippen LogP contribution in [0.4, 0.5) is 0 Å². The van der Waals surface area contributed by atoms with E-state index in [1.165, 1.54) is 28.9 Å². The predicted octanol–water partition coefficient (Wildman–Crippen LogP) is 5.23. The molecule has 4 heteroatoms. The molecule has 1 aliphatic heterocycles. The summed E-state index contributed by atoms with van der Waals surface area (Å²) in [6, 6.07) is 9.05. The second kappa shape index (κ2) is 9.74. The number of rotatable bonds is 6. The highest BCUT2D eigenvalue weighted by Crippen LogP contribution is 2.33. The molecule has 2 aromatic heterocycles. The summed E-state index contributed by atoms with van der Waals surface area (Å²) >= 11 is 0. The number of hydrogen-bond donors (Lipinski definition) is 1. The fourth-order valence-corrected chi connectivity index (χ4v) is 3.92. The van der Waals surface area contributed by atoms with E-state index in [1.807, 2.05) is 19.3 Å². The number of allylic oxidation sites excluding steroid dienone is 2. The first-order valence-electron chi connectivity index (χ1n) is 10.4. The van der Waals surface area contributed by atoms with Crippen LogP contribution in [-0.2, 0) is 6.42 Å². The Bertz CT molecular complexity index is 853. The Morgan fingerprint density at radius 3 is 2.61 bits per heavy atom. The molecule has 3 heterocycles. The molecule has 0 amide bonds. The quantitative estimate of drug-likeness (QED) is 0.702. The number of nitrogens with zero attached hydrogens (tertiary/aromatic N) is 3. The molecule has 0 bridgehead atoms. The summed E-state index contributed by atoms with van der Waals surface area (Å²) in [5, 5.41) is 3.83. The fourth-order valence-electron chi connectivity index (χ4n) is 3.92. The molecule has 0 spiro atoms. The molecule has 1 fully saturated rings. The predicted molar refractivity (Wildman–Crippen MR) is 117 cm³/mol. The molecule has 0 aliphatic carbocycles. The zero-order valence-electron chi connectivity index (χ0n) is 17.6. The van der Waals surface area contributed by atoms with Crippen LogP contribution in [-0.4, -0.2) is 22.7 Å². The number of aromatic nitrogens is 2. The average Bonchev–Trinajstić information content (AvgIpc) is 2.72. The number of aryl methyl sites for hydroxylation is 2. The molecule has 3 rings (SSSR count). The first kappa shape index (κ1) is 20.4. The molecule has 0 radical (unpaired) electrons.